The summed E-state index contributed by atoms with van der Waals surface area (Å²) in [4.78, 5) is 0. The zero-order valence-corrected chi connectivity index (χ0v) is 21.5. The van der Waals surface area contributed by atoms with Gasteiger partial charge in [0.25, 0.3) is 0 Å². The number of hydrogen-bond donors (Lipinski definition) is 0. The molecule has 0 atom stereocenters. The molecule has 0 bridgehead atoms. The Morgan fingerprint density at radius 1 is 0.867 bits per heavy atom. The molecule has 0 nitrogen and oxygen atoms in total. The van der Waals surface area contributed by atoms with Crippen LogP contribution in [0.1, 0.15) is 44.5 Å². The minimum atomic E-state index is 0. The molecule has 5 rings (SSSR count). The zero-order chi connectivity index (χ0) is 21.0. The normalized spacial score (nSPS) is 10.6. The SMILES string of the molecule is Cc1[c-]c2c(cc1C)-c1ccccc1C2.Cc1c[c-](C)c(C)c1C.[Zr+3].c1cc[cH-]c1. The van der Waals surface area contributed by atoms with Gasteiger partial charge in [-0.2, -0.15) is 69.8 Å². The van der Waals surface area contributed by atoms with E-state index in [9.17, 15) is 0 Å². The maximum Gasteiger partial charge on any atom is 3.00 e. The first-order valence-electron chi connectivity index (χ1n) is 10.4. The smallest absolute Gasteiger partial charge is 0.214 e. The van der Waals surface area contributed by atoms with Crippen LogP contribution in [0.2, 0.25) is 0 Å². The second kappa shape index (κ2) is 10.9. The molecular formula is C29H31Zr. The molecular weight excluding hydrogens is 440 g/mol. The fourth-order valence-corrected chi connectivity index (χ4v) is 3.77. The van der Waals surface area contributed by atoms with E-state index in [2.05, 4.69) is 84.0 Å². The van der Waals surface area contributed by atoms with Crippen LogP contribution < -0.4 is 0 Å². The van der Waals surface area contributed by atoms with Crippen LogP contribution in [0.4, 0.5) is 0 Å². The van der Waals surface area contributed by atoms with Gasteiger partial charge in [0.05, 0.1) is 0 Å². The van der Waals surface area contributed by atoms with E-state index >= 15 is 0 Å². The van der Waals surface area contributed by atoms with Gasteiger partial charge < -0.3 is 0 Å². The van der Waals surface area contributed by atoms with Crippen molar-refractivity contribution < 1.29 is 26.2 Å². The van der Waals surface area contributed by atoms with Crippen molar-refractivity contribution in [2.75, 3.05) is 0 Å². The first-order chi connectivity index (χ1) is 13.9. The minimum Gasteiger partial charge on any atom is -0.214 e. The molecule has 0 unspecified atom stereocenters. The number of benzene rings is 2. The monoisotopic (exact) mass is 469 g/mol. The van der Waals surface area contributed by atoms with Crippen LogP contribution in [0, 0.1) is 47.6 Å². The van der Waals surface area contributed by atoms with Gasteiger partial charge >= 0.3 is 26.2 Å². The third-order valence-corrected chi connectivity index (χ3v) is 6.02. The van der Waals surface area contributed by atoms with Crippen molar-refractivity contribution >= 4 is 0 Å². The Hall–Kier alpha value is -1.98. The summed E-state index contributed by atoms with van der Waals surface area (Å²) in [7, 11) is 0. The van der Waals surface area contributed by atoms with Gasteiger partial charge in [-0.25, -0.2) is 12.1 Å². The summed E-state index contributed by atoms with van der Waals surface area (Å²) in [5, 5.41) is 0. The van der Waals surface area contributed by atoms with Gasteiger partial charge in [0.15, 0.2) is 0 Å². The third kappa shape index (κ3) is 5.58. The van der Waals surface area contributed by atoms with Crippen LogP contribution in [0.15, 0.2) is 66.7 Å². The van der Waals surface area contributed by atoms with E-state index in [0.29, 0.717) is 0 Å². The topological polar surface area (TPSA) is 0 Å². The van der Waals surface area contributed by atoms with Gasteiger partial charge in [0.1, 0.15) is 0 Å². The van der Waals surface area contributed by atoms with Gasteiger partial charge in [-0.1, -0.05) is 76.9 Å². The summed E-state index contributed by atoms with van der Waals surface area (Å²) in [5.74, 6) is 0. The summed E-state index contributed by atoms with van der Waals surface area (Å²) in [6.45, 7) is 13.0. The van der Waals surface area contributed by atoms with Gasteiger partial charge in [0, 0.05) is 0 Å². The Balaban J connectivity index is 0.000000182. The Morgan fingerprint density at radius 2 is 1.53 bits per heavy atom. The van der Waals surface area contributed by atoms with Crippen molar-refractivity contribution in [3.63, 3.8) is 0 Å². The van der Waals surface area contributed by atoms with E-state index in [1.165, 1.54) is 55.6 Å². The van der Waals surface area contributed by atoms with Crippen molar-refractivity contribution in [1.29, 1.82) is 0 Å². The molecule has 0 aliphatic heterocycles. The van der Waals surface area contributed by atoms with Crippen LogP contribution in [-0.2, 0) is 32.6 Å². The van der Waals surface area contributed by atoms with Crippen molar-refractivity contribution in [3.8, 4) is 11.1 Å². The van der Waals surface area contributed by atoms with Crippen LogP contribution >= 0.6 is 0 Å². The quantitative estimate of drug-likeness (QED) is 0.203. The average molecular weight is 471 g/mol. The Morgan fingerprint density at radius 3 is 2.03 bits per heavy atom. The zero-order valence-electron chi connectivity index (χ0n) is 19.1. The predicted molar refractivity (Wildman–Crippen MR) is 126 cm³/mol. The Kier molecular flexibility index (Phi) is 8.81. The fraction of sp³-hybridized carbons (Fsp3) is 0.241. The summed E-state index contributed by atoms with van der Waals surface area (Å²) < 4.78 is 0. The van der Waals surface area contributed by atoms with Crippen LogP contribution in [0.5, 0.6) is 0 Å². The molecule has 4 aromatic rings. The van der Waals surface area contributed by atoms with Crippen molar-refractivity contribution in [1.82, 2.24) is 0 Å². The maximum absolute atomic E-state index is 3.50. The van der Waals surface area contributed by atoms with Gasteiger partial charge in [-0.15, -0.1) is 11.1 Å². The number of fused-ring (bicyclic) bond motifs is 3. The molecule has 1 radical (unpaired) electrons. The van der Waals surface area contributed by atoms with Gasteiger partial charge in [-0.3, -0.25) is 0 Å². The standard InChI is InChI=1S/C15H13.C9H13.C5H5.Zr/c1-10-7-13-9-12-5-3-4-6-14(12)15(13)8-11(10)2;1-6-5-7(2)9(4)8(6)3;1-2-4-5-3-1;/h3-6,8H,9H2,1-2H3;5H,1-4H3;1-5H;/q3*-1;+3. The number of rotatable bonds is 0. The second-order valence-corrected chi connectivity index (χ2v) is 8.03. The summed E-state index contributed by atoms with van der Waals surface area (Å²) in [6, 6.07) is 26.7. The summed E-state index contributed by atoms with van der Waals surface area (Å²) in [5.41, 5.74) is 13.9. The van der Waals surface area contributed by atoms with Gasteiger partial charge in [-0.05, 0) is 6.42 Å². The van der Waals surface area contributed by atoms with Crippen LogP contribution in [0.25, 0.3) is 11.1 Å². The van der Waals surface area contributed by atoms with Crippen LogP contribution in [0.3, 0.4) is 0 Å². The molecule has 151 valence electrons. The fourth-order valence-electron chi connectivity index (χ4n) is 3.77. The van der Waals surface area contributed by atoms with Crippen molar-refractivity contribution in [2.24, 2.45) is 0 Å². The molecule has 0 fully saturated rings. The molecule has 30 heavy (non-hydrogen) atoms. The maximum atomic E-state index is 3.50. The molecule has 0 aromatic heterocycles. The number of hydrogen-bond acceptors (Lipinski definition) is 0. The van der Waals surface area contributed by atoms with E-state index < -0.39 is 0 Å². The molecule has 0 heterocycles. The van der Waals surface area contributed by atoms with E-state index in [4.69, 9.17) is 0 Å². The molecule has 1 heteroatoms. The largest absolute Gasteiger partial charge is 3.00 e. The van der Waals surface area contributed by atoms with Crippen molar-refractivity contribution in [3.05, 3.63) is 117 Å². The van der Waals surface area contributed by atoms with Crippen LogP contribution in [-0.4, -0.2) is 0 Å². The van der Waals surface area contributed by atoms with E-state index in [1.54, 1.807) is 0 Å². The Bertz CT molecular complexity index is 1040. The van der Waals surface area contributed by atoms with E-state index in [-0.39, 0.29) is 26.2 Å². The molecule has 0 amide bonds. The molecule has 0 spiro atoms. The minimum absolute atomic E-state index is 0. The molecule has 1 aliphatic rings. The second-order valence-electron chi connectivity index (χ2n) is 8.03. The molecule has 0 N–H and O–H groups in total. The van der Waals surface area contributed by atoms with E-state index in [1.807, 2.05) is 30.3 Å². The molecule has 0 saturated heterocycles. The van der Waals surface area contributed by atoms with Gasteiger partial charge in [0.2, 0.25) is 0 Å². The molecule has 4 aromatic carbocycles. The summed E-state index contributed by atoms with van der Waals surface area (Å²) in [6.07, 6.45) is 1.05. The molecule has 1 aliphatic carbocycles. The first-order valence-corrected chi connectivity index (χ1v) is 10.4. The molecule has 0 saturated carbocycles. The average Bonchev–Trinajstić information content (AvgIpc) is 3.43. The summed E-state index contributed by atoms with van der Waals surface area (Å²) >= 11 is 0. The number of aryl methyl sites for hydroxylation is 4. The first kappa shape index (κ1) is 24.3. The third-order valence-electron chi connectivity index (χ3n) is 6.02. The predicted octanol–water partition coefficient (Wildman–Crippen LogP) is 7.72. The Labute approximate surface area is 201 Å². The van der Waals surface area contributed by atoms with Crippen molar-refractivity contribution in [2.45, 2.75) is 48.0 Å². The van der Waals surface area contributed by atoms with E-state index in [0.717, 1.165) is 6.42 Å².